The maximum absolute atomic E-state index is 6.09. The summed E-state index contributed by atoms with van der Waals surface area (Å²) < 4.78 is 12.2. The summed E-state index contributed by atoms with van der Waals surface area (Å²) in [5.41, 5.74) is 0. The lowest BCUT2D eigenvalue weighted by molar-refractivity contribution is 0.381. The molecular formula is C20H46O2Si2. The van der Waals surface area contributed by atoms with E-state index >= 15 is 0 Å². The van der Waals surface area contributed by atoms with Crippen molar-refractivity contribution in [1.82, 2.24) is 0 Å². The lowest BCUT2D eigenvalue weighted by Crippen LogP contribution is -2.36. The minimum Gasteiger partial charge on any atom is -0.420 e. The number of hydrogen-bond acceptors (Lipinski definition) is 2. The lowest BCUT2D eigenvalue weighted by atomic mass is 10.2. The summed E-state index contributed by atoms with van der Waals surface area (Å²) in [7, 11) is 1.13. The van der Waals surface area contributed by atoms with Crippen LogP contribution in [0.2, 0.25) is 36.3 Å². The quantitative estimate of drug-likeness (QED) is 0.195. The molecule has 0 aromatic heterocycles. The van der Waals surface area contributed by atoms with Gasteiger partial charge in [0.25, 0.3) is 0 Å². The van der Waals surface area contributed by atoms with Gasteiger partial charge in [-0.25, -0.2) is 0 Å². The normalized spacial score (nSPS) is 12.8. The van der Waals surface area contributed by atoms with Gasteiger partial charge in [0.2, 0.25) is 0 Å². The first-order chi connectivity index (χ1) is 11.6. The number of unbranched alkanes of at least 4 members (excludes halogenated alkanes) is 3. The molecule has 0 atom stereocenters. The highest BCUT2D eigenvalue weighted by Crippen LogP contribution is 2.30. The van der Waals surface area contributed by atoms with Crippen molar-refractivity contribution in [3.63, 3.8) is 0 Å². The molecule has 4 heteroatoms. The van der Waals surface area contributed by atoms with E-state index in [9.17, 15) is 0 Å². The van der Waals surface area contributed by atoms with E-state index in [0.717, 1.165) is 0 Å². The molecular weight excluding hydrogens is 328 g/mol. The molecule has 24 heavy (non-hydrogen) atoms. The van der Waals surface area contributed by atoms with Crippen molar-refractivity contribution in [2.75, 3.05) is 14.2 Å². The predicted molar refractivity (Wildman–Crippen MR) is 114 cm³/mol. The van der Waals surface area contributed by atoms with Crippen LogP contribution in [-0.2, 0) is 8.85 Å². The molecule has 0 saturated carbocycles. The van der Waals surface area contributed by atoms with Crippen LogP contribution in [0.4, 0.5) is 0 Å². The van der Waals surface area contributed by atoms with Crippen molar-refractivity contribution >= 4 is 16.6 Å². The van der Waals surface area contributed by atoms with Crippen molar-refractivity contribution in [1.29, 1.82) is 0 Å². The summed E-state index contributed by atoms with van der Waals surface area (Å²) in [5.74, 6) is 0. The van der Waals surface area contributed by atoms with Crippen LogP contribution < -0.4 is 0 Å². The molecule has 0 aliphatic carbocycles. The van der Waals surface area contributed by atoms with Gasteiger partial charge < -0.3 is 8.85 Å². The Morgan fingerprint density at radius 3 is 0.958 bits per heavy atom. The van der Waals surface area contributed by atoms with Gasteiger partial charge in [-0.05, 0) is 36.3 Å². The Balaban J connectivity index is 4.18. The average Bonchev–Trinajstić information content (AvgIpc) is 2.58. The SMILES string of the molecule is CCC[Si](CCC)(CCCCCC[Si](CCC)(CCC)OC)OC. The van der Waals surface area contributed by atoms with Crippen molar-refractivity contribution < 1.29 is 8.85 Å². The summed E-state index contributed by atoms with van der Waals surface area (Å²) in [6.07, 6.45) is 10.7. The molecule has 0 heterocycles. The Kier molecular flexibility index (Phi) is 14.7. The fourth-order valence-electron chi connectivity index (χ4n) is 4.43. The molecule has 146 valence electrons. The number of rotatable bonds is 17. The second kappa shape index (κ2) is 14.5. The van der Waals surface area contributed by atoms with Gasteiger partial charge in [-0.2, -0.15) is 0 Å². The molecule has 0 N–H and O–H groups in total. The minimum atomic E-state index is -1.41. The molecule has 0 aliphatic heterocycles. The Morgan fingerprint density at radius 2 is 0.750 bits per heavy atom. The standard InChI is InChI=1S/C20H46O2Si2/c1-7-15-23(21-5,16-8-2)19-13-11-12-14-20-24(22-6,17-9-3)18-10-4/h7-20H2,1-6H3. The van der Waals surface area contributed by atoms with Crippen LogP contribution in [0.25, 0.3) is 0 Å². The van der Waals surface area contributed by atoms with Gasteiger partial charge in [0.15, 0.2) is 16.6 Å². The van der Waals surface area contributed by atoms with Crippen molar-refractivity contribution in [2.24, 2.45) is 0 Å². The minimum absolute atomic E-state index is 1.29. The molecule has 0 amide bonds. The third kappa shape index (κ3) is 9.16. The summed E-state index contributed by atoms with van der Waals surface area (Å²) in [6, 6.07) is 8.16. The number of hydrogen-bond donors (Lipinski definition) is 0. The lowest BCUT2D eigenvalue weighted by Gasteiger charge is -2.30. The maximum Gasteiger partial charge on any atom is 0.192 e. The molecule has 0 bridgehead atoms. The topological polar surface area (TPSA) is 18.5 Å². The highest BCUT2D eigenvalue weighted by molar-refractivity contribution is 6.74. The molecule has 0 aromatic rings. The summed E-state index contributed by atoms with van der Waals surface area (Å²) in [6.45, 7) is 9.25. The highest BCUT2D eigenvalue weighted by Gasteiger charge is 2.32. The van der Waals surface area contributed by atoms with Gasteiger partial charge in [-0.3, -0.25) is 0 Å². The molecule has 0 radical (unpaired) electrons. The Hall–Kier alpha value is 0.354. The molecule has 0 aliphatic rings. The first-order valence-corrected chi connectivity index (χ1v) is 15.7. The van der Waals surface area contributed by atoms with Gasteiger partial charge in [0.1, 0.15) is 0 Å². The van der Waals surface area contributed by atoms with E-state index in [1.807, 2.05) is 14.2 Å². The third-order valence-corrected chi connectivity index (χ3v) is 15.6. The Morgan fingerprint density at radius 1 is 0.458 bits per heavy atom. The van der Waals surface area contributed by atoms with E-state index in [4.69, 9.17) is 8.85 Å². The molecule has 0 unspecified atom stereocenters. The van der Waals surface area contributed by atoms with Crippen molar-refractivity contribution in [3.05, 3.63) is 0 Å². The van der Waals surface area contributed by atoms with Gasteiger partial charge in [-0.1, -0.05) is 79.1 Å². The van der Waals surface area contributed by atoms with Crippen LogP contribution in [0.1, 0.15) is 79.1 Å². The zero-order chi connectivity index (χ0) is 18.3. The molecule has 0 fully saturated rings. The summed E-state index contributed by atoms with van der Waals surface area (Å²) >= 11 is 0. The van der Waals surface area contributed by atoms with Crippen LogP contribution in [0.5, 0.6) is 0 Å². The monoisotopic (exact) mass is 374 g/mol. The summed E-state index contributed by atoms with van der Waals surface area (Å²) in [5, 5.41) is 0. The van der Waals surface area contributed by atoms with E-state index in [1.54, 1.807) is 0 Å². The van der Waals surface area contributed by atoms with E-state index in [1.165, 1.54) is 87.6 Å². The van der Waals surface area contributed by atoms with Crippen LogP contribution >= 0.6 is 0 Å². The van der Waals surface area contributed by atoms with Gasteiger partial charge in [0, 0.05) is 14.2 Å². The van der Waals surface area contributed by atoms with Gasteiger partial charge >= 0.3 is 0 Å². The van der Waals surface area contributed by atoms with E-state index in [0.29, 0.717) is 0 Å². The zero-order valence-electron chi connectivity index (χ0n) is 17.7. The zero-order valence-corrected chi connectivity index (χ0v) is 19.7. The molecule has 0 spiro atoms. The molecule has 0 saturated heterocycles. The third-order valence-electron chi connectivity index (χ3n) is 5.70. The molecule has 2 nitrogen and oxygen atoms in total. The summed E-state index contributed by atoms with van der Waals surface area (Å²) in [4.78, 5) is 0. The van der Waals surface area contributed by atoms with Crippen molar-refractivity contribution in [3.8, 4) is 0 Å². The van der Waals surface area contributed by atoms with Crippen LogP contribution in [0, 0.1) is 0 Å². The van der Waals surface area contributed by atoms with E-state index < -0.39 is 16.6 Å². The van der Waals surface area contributed by atoms with E-state index in [-0.39, 0.29) is 0 Å². The van der Waals surface area contributed by atoms with Crippen LogP contribution in [0.3, 0.4) is 0 Å². The fourth-order valence-corrected chi connectivity index (χ4v) is 12.6. The van der Waals surface area contributed by atoms with Crippen LogP contribution in [0.15, 0.2) is 0 Å². The second-order valence-electron chi connectivity index (χ2n) is 7.69. The average molecular weight is 375 g/mol. The molecule has 0 aromatic carbocycles. The van der Waals surface area contributed by atoms with Gasteiger partial charge in [-0.15, -0.1) is 0 Å². The smallest absolute Gasteiger partial charge is 0.192 e. The molecule has 0 rings (SSSR count). The van der Waals surface area contributed by atoms with E-state index in [2.05, 4.69) is 27.7 Å². The predicted octanol–water partition coefficient (Wildman–Crippen LogP) is 7.37. The highest BCUT2D eigenvalue weighted by atomic mass is 28.4. The second-order valence-corrected chi connectivity index (χ2v) is 16.2. The first-order valence-electron chi connectivity index (χ1n) is 10.7. The van der Waals surface area contributed by atoms with Gasteiger partial charge in [0.05, 0.1) is 0 Å². The Labute approximate surface area is 155 Å². The van der Waals surface area contributed by atoms with Crippen molar-refractivity contribution in [2.45, 2.75) is 115 Å². The van der Waals surface area contributed by atoms with Crippen LogP contribution in [-0.4, -0.2) is 30.9 Å². The Bertz CT molecular complexity index is 245. The fraction of sp³-hybridized carbons (Fsp3) is 1.00. The maximum atomic E-state index is 6.09. The largest absolute Gasteiger partial charge is 0.420 e. The first kappa shape index (κ1) is 24.4.